The lowest BCUT2D eigenvalue weighted by Crippen LogP contribution is -2.40. The molecule has 30 heavy (non-hydrogen) atoms. The molecule has 0 aliphatic rings. The van der Waals surface area contributed by atoms with Crippen LogP contribution >= 0.6 is 23.8 Å². The molecule has 5 nitrogen and oxygen atoms in total. The average molecular weight is 434 g/mol. The Kier molecular flexibility index (Phi) is 6.37. The van der Waals surface area contributed by atoms with Gasteiger partial charge in [-0.15, -0.1) is 0 Å². The standard InChI is InChI=1S/C23H20ClN5S/c24-18-11-12-20-19(15-18)21(17-9-5-2-6-10-17)27-22(26-20)28-29-23(30)25-14-13-16-7-3-1-4-8-16/h1-12,15H,13-14H2,(H2,25,29,30)(H,26,27,28). The zero-order valence-electron chi connectivity index (χ0n) is 16.1. The Morgan fingerprint density at radius 2 is 1.63 bits per heavy atom. The first-order valence-electron chi connectivity index (χ1n) is 9.55. The number of hydrogen-bond acceptors (Lipinski definition) is 4. The van der Waals surface area contributed by atoms with Gasteiger partial charge in [0.05, 0.1) is 11.2 Å². The van der Waals surface area contributed by atoms with Crippen LogP contribution in [-0.2, 0) is 6.42 Å². The van der Waals surface area contributed by atoms with Crippen LogP contribution in [0.5, 0.6) is 0 Å². The highest BCUT2D eigenvalue weighted by Crippen LogP contribution is 2.29. The topological polar surface area (TPSA) is 61.9 Å². The molecular weight excluding hydrogens is 414 g/mol. The third-order valence-corrected chi connectivity index (χ3v) is 5.02. The quantitative estimate of drug-likeness (QED) is 0.294. The van der Waals surface area contributed by atoms with E-state index in [2.05, 4.69) is 38.3 Å². The fourth-order valence-electron chi connectivity index (χ4n) is 3.09. The third-order valence-electron chi connectivity index (χ3n) is 4.53. The minimum absolute atomic E-state index is 0.427. The van der Waals surface area contributed by atoms with Crippen molar-refractivity contribution in [3.05, 3.63) is 89.4 Å². The number of thiocarbonyl (C=S) groups is 1. The minimum atomic E-state index is 0.427. The number of benzene rings is 3. The van der Waals surface area contributed by atoms with Crippen LogP contribution in [0, 0.1) is 0 Å². The maximum absolute atomic E-state index is 6.20. The molecule has 0 amide bonds. The molecule has 4 rings (SSSR count). The number of aromatic nitrogens is 2. The van der Waals surface area contributed by atoms with Gasteiger partial charge in [-0.3, -0.25) is 10.9 Å². The van der Waals surface area contributed by atoms with E-state index < -0.39 is 0 Å². The van der Waals surface area contributed by atoms with Crippen LogP contribution in [0.2, 0.25) is 5.02 Å². The highest BCUT2D eigenvalue weighted by atomic mass is 35.5. The summed E-state index contributed by atoms with van der Waals surface area (Å²) in [5, 5.41) is 5.19. The molecule has 3 aromatic carbocycles. The zero-order chi connectivity index (χ0) is 20.8. The molecule has 150 valence electrons. The molecule has 0 unspecified atom stereocenters. The van der Waals surface area contributed by atoms with E-state index in [1.54, 1.807) is 0 Å². The number of anilines is 1. The van der Waals surface area contributed by atoms with Crippen molar-refractivity contribution in [3.63, 3.8) is 0 Å². The Balaban J connectivity index is 1.46. The Labute approximate surface area is 185 Å². The number of hydrazine groups is 1. The van der Waals surface area contributed by atoms with Gasteiger partial charge in [-0.05, 0) is 42.4 Å². The Hall–Kier alpha value is -3.22. The van der Waals surface area contributed by atoms with Crippen molar-refractivity contribution in [1.82, 2.24) is 20.7 Å². The molecule has 3 N–H and O–H groups in total. The predicted molar refractivity (Wildman–Crippen MR) is 127 cm³/mol. The van der Waals surface area contributed by atoms with E-state index in [0.29, 0.717) is 16.1 Å². The van der Waals surface area contributed by atoms with E-state index >= 15 is 0 Å². The van der Waals surface area contributed by atoms with Crippen LogP contribution in [0.15, 0.2) is 78.9 Å². The Morgan fingerprint density at radius 3 is 2.40 bits per heavy atom. The number of fused-ring (bicyclic) bond motifs is 1. The summed E-state index contributed by atoms with van der Waals surface area (Å²) in [4.78, 5) is 9.25. The van der Waals surface area contributed by atoms with Crippen LogP contribution in [0.25, 0.3) is 22.2 Å². The summed E-state index contributed by atoms with van der Waals surface area (Å²) < 4.78 is 0. The maximum atomic E-state index is 6.20. The number of hydrogen-bond donors (Lipinski definition) is 3. The lowest BCUT2D eigenvalue weighted by molar-refractivity contribution is 0.846. The molecule has 0 fully saturated rings. The second-order valence-electron chi connectivity index (χ2n) is 6.66. The lowest BCUT2D eigenvalue weighted by atomic mass is 10.1. The van der Waals surface area contributed by atoms with Crippen LogP contribution in [0.4, 0.5) is 5.95 Å². The van der Waals surface area contributed by atoms with Gasteiger partial charge in [-0.2, -0.15) is 0 Å². The maximum Gasteiger partial charge on any atom is 0.242 e. The van der Waals surface area contributed by atoms with Crippen molar-refractivity contribution in [2.45, 2.75) is 6.42 Å². The third kappa shape index (κ3) is 5.03. The van der Waals surface area contributed by atoms with E-state index in [-0.39, 0.29) is 0 Å². The van der Waals surface area contributed by atoms with Gasteiger partial charge >= 0.3 is 0 Å². The summed E-state index contributed by atoms with van der Waals surface area (Å²) in [5.74, 6) is 0.427. The van der Waals surface area contributed by atoms with Crippen LogP contribution in [-0.4, -0.2) is 21.6 Å². The largest absolute Gasteiger partial charge is 0.361 e. The molecule has 4 aromatic rings. The lowest BCUT2D eigenvalue weighted by Gasteiger charge is -2.13. The summed E-state index contributed by atoms with van der Waals surface area (Å²) in [6.45, 7) is 0.726. The van der Waals surface area contributed by atoms with Crippen molar-refractivity contribution >= 4 is 45.8 Å². The second kappa shape index (κ2) is 9.52. The summed E-state index contributed by atoms with van der Waals surface area (Å²) in [6, 6.07) is 25.8. The van der Waals surface area contributed by atoms with Crippen molar-refractivity contribution in [2.75, 3.05) is 12.0 Å². The summed E-state index contributed by atoms with van der Waals surface area (Å²) >= 11 is 11.6. The van der Waals surface area contributed by atoms with E-state index in [1.165, 1.54) is 5.56 Å². The van der Waals surface area contributed by atoms with E-state index in [1.807, 2.05) is 66.7 Å². The molecular formula is C23H20ClN5S. The molecule has 0 bridgehead atoms. The first kappa shape index (κ1) is 20.1. The van der Waals surface area contributed by atoms with Crippen LogP contribution in [0.1, 0.15) is 5.56 Å². The van der Waals surface area contributed by atoms with Crippen molar-refractivity contribution in [2.24, 2.45) is 0 Å². The number of halogens is 1. The van der Waals surface area contributed by atoms with E-state index in [9.17, 15) is 0 Å². The highest BCUT2D eigenvalue weighted by Gasteiger charge is 2.10. The number of nitrogens with zero attached hydrogens (tertiary/aromatic N) is 2. The molecule has 0 saturated heterocycles. The molecule has 1 heterocycles. The summed E-state index contributed by atoms with van der Waals surface area (Å²) in [6.07, 6.45) is 0.883. The van der Waals surface area contributed by atoms with Gasteiger partial charge in [0, 0.05) is 22.5 Å². The summed E-state index contributed by atoms with van der Waals surface area (Å²) in [5.41, 5.74) is 9.79. The van der Waals surface area contributed by atoms with Crippen molar-refractivity contribution < 1.29 is 0 Å². The van der Waals surface area contributed by atoms with Gasteiger partial charge in [0.2, 0.25) is 5.95 Å². The summed E-state index contributed by atoms with van der Waals surface area (Å²) in [7, 11) is 0. The normalized spacial score (nSPS) is 10.6. The minimum Gasteiger partial charge on any atom is -0.361 e. The van der Waals surface area contributed by atoms with Gasteiger partial charge in [0.25, 0.3) is 0 Å². The smallest absolute Gasteiger partial charge is 0.242 e. The number of nitrogens with one attached hydrogen (secondary N) is 3. The SMILES string of the molecule is S=C(NCCc1ccccc1)NNc1nc(-c2ccccc2)c2cc(Cl)ccc2n1. The second-order valence-corrected chi connectivity index (χ2v) is 7.51. The van der Waals surface area contributed by atoms with Crippen molar-refractivity contribution in [1.29, 1.82) is 0 Å². The monoisotopic (exact) mass is 433 g/mol. The number of rotatable bonds is 6. The molecule has 1 aromatic heterocycles. The van der Waals surface area contributed by atoms with E-state index in [4.69, 9.17) is 23.8 Å². The Bertz CT molecular complexity index is 1150. The van der Waals surface area contributed by atoms with Crippen molar-refractivity contribution in [3.8, 4) is 11.3 Å². The van der Waals surface area contributed by atoms with Gasteiger partial charge in [-0.25, -0.2) is 9.97 Å². The molecule has 0 saturated carbocycles. The fraction of sp³-hybridized carbons (Fsp3) is 0.0870. The van der Waals surface area contributed by atoms with Gasteiger partial charge in [0.1, 0.15) is 0 Å². The molecule has 0 spiro atoms. The molecule has 0 atom stereocenters. The average Bonchev–Trinajstić information content (AvgIpc) is 2.78. The first-order valence-corrected chi connectivity index (χ1v) is 10.3. The Morgan fingerprint density at radius 1 is 0.900 bits per heavy atom. The van der Waals surface area contributed by atoms with Gasteiger partial charge in [0.15, 0.2) is 5.11 Å². The molecule has 0 aliphatic heterocycles. The molecule has 7 heteroatoms. The first-order chi connectivity index (χ1) is 14.7. The molecule has 0 aliphatic carbocycles. The molecule has 0 radical (unpaired) electrons. The fourth-order valence-corrected chi connectivity index (χ4v) is 3.42. The highest BCUT2D eigenvalue weighted by molar-refractivity contribution is 7.80. The van der Waals surface area contributed by atoms with Gasteiger partial charge < -0.3 is 5.32 Å². The van der Waals surface area contributed by atoms with E-state index in [0.717, 1.165) is 35.1 Å². The zero-order valence-corrected chi connectivity index (χ0v) is 17.7. The van der Waals surface area contributed by atoms with Crippen LogP contribution < -0.4 is 16.2 Å². The van der Waals surface area contributed by atoms with Crippen LogP contribution in [0.3, 0.4) is 0 Å². The predicted octanol–water partition coefficient (Wildman–Crippen LogP) is 4.98. The van der Waals surface area contributed by atoms with Gasteiger partial charge in [-0.1, -0.05) is 72.3 Å².